The largest absolute Gasteiger partial charge is 0.396 e. The van der Waals surface area contributed by atoms with E-state index in [9.17, 15) is 4.79 Å². The fourth-order valence-corrected chi connectivity index (χ4v) is 3.25. The summed E-state index contributed by atoms with van der Waals surface area (Å²) in [6, 6.07) is 9.59. The van der Waals surface area contributed by atoms with Gasteiger partial charge in [-0.3, -0.25) is 9.79 Å². The molecule has 0 bridgehead atoms. The van der Waals surface area contributed by atoms with E-state index in [-0.39, 0.29) is 24.1 Å². The van der Waals surface area contributed by atoms with Crippen LogP contribution >= 0.6 is 11.8 Å². The number of aliphatic imine (C=N–C) groups is 1. The molecule has 0 radical (unpaired) electrons. The Morgan fingerprint density at radius 2 is 2.19 bits per heavy atom. The number of amides is 1. The molecule has 1 amide bonds. The van der Waals surface area contributed by atoms with E-state index in [4.69, 9.17) is 5.11 Å². The first-order valence-electron chi connectivity index (χ1n) is 7.27. The van der Waals surface area contributed by atoms with Crippen LogP contribution in [-0.4, -0.2) is 40.0 Å². The number of aliphatic hydroxyl groups excluding tert-OH is 1. The van der Waals surface area contributed by atoms with Crippen molar-refractivity contribution in [3.63, 3.8) is 0 Å². The topological polar surface area (TPSA) is 61.7 Å². The Bertz CT molecular complexity index is 518. The third-order valence-electron chi connectivity index (χ3n) is 3.84. The fourth-order valence-electron chi connectivity index (χ4n) is 2.20. The minimum absolute atomic E-state index is 0.0498. The molecule has 0 saturated heterocycles. The van der Waals surface area contributed by atoms with Gasteiger partial charge in [0, 0.05) is 23.5 Å². The molecular weight excluding hydrogens is 284 g/mol. The van der Waals surface area contributed by atoms with Crippen LogP contribution in [0.2, 0.25) is 0 Å². The van der Waals surface area contributed by atoms with Crippen molar-refractivity contribution in [2.75, 3.05) is 12.4 Å². The number of carbonyl (C=O) groups is 1. The molecule has 0 fully saturated rings. The lowest BCUT2D eigenvalue weighted by molar-refractivity contribution is -0.123. The normalized spacial score (nSPS) is 20.7. The predicted octanol–water partition coefficient (Wildman–Crippen LogP) is 2.22. The summed E-state index contributed by atoms with van der Waals surface area (Å²) in [4.78, 5) is 16.9. The molecular formula is C16H22N2O2S. The Morgan fingerprint density at radius 1 is 1.48 bits per heavy atom. The molecule has 4 nitrogen and oxygen atoms in total. The van der Waals surface area contributed by atoms with Gasteiger partial charge in [0.15, 0.2) is 0 Å². The van der Waals surface area contributed by atoms with Gasteiger partial charge in [-0.1, -0.05) is 37.3 Å². The molecule has 2 unspecified atom stereocenters. The summed E-state index contributed by atoms with van der Waals surface area (Å²) in [5.41, 5.74) is 0.702. The first-order valence-corrected chi connectivity index (χ1v) is 8.25. The van der Waals surface area contributed by atoms with Gasteiger partial charge in [-0.15, -0.1) is 11.8 Å². The van der Waals surface area contributed by atoms with Gasteiger partial charge in [-0.25, -0.2) is 0 Å². The molecule has 21 heavy (non-hydrogen) atoms. The van der Waals surface area contributed by atoms with Gasteiger partial charge in [0.05, 0.1) is 5.04 Å². The van der Waals surface area contributed by atoms with Crippen LogP contribution in [0.25, 0.3) is 0 Å². The van der Waals surface area contributed by atoms with Gasteiger partial charge in [-0.2, -0.15) is 0 Å². The number of nitrogens with one attached hydrogen (secondary N) is 1. The highest BCUT2D eigenvalue weighted by atomic mass is 32.2. The molecule has 0 saturated carbocycles. The SMILES string of the molecule is CCC(C)(CCO)NC(=O)C1CSC(c2ccccc2)=N1. The standard InChI is InChI=1S/C16H22N2O2S/c1-3-16(2,9-10-19)18-14(20)13-11-21-15(17-13)12-7-5-4-6-8-12/h4-8,13,19H,3,9-11H2,1-2H3,(H,18,20). The number of hydrogen-bond acceptors (Lipinski definition) is 4. The molecule has 2 rings (SSSR count). The number of aliphatic hydroxyl groups is 1. The summed E-state index contributed by atoms with van der Waals surface area (Å²) in [7, 11) is 0. The Balaban J connectivity index is 2.03. The third kappa shape index (κ3) is 4.08. The molecule has 0 aliphatic carbocycles. The van der Waals surface area contributed by atoms with Crippen molar-refractivity contribution < 1.29 is 9.90 Å². The van der Waals surface area contributed by atoms with Gasteiger partial charge in [-0.05, 0) is 19.8 Å². The van der Waals surface area contributed by atoms with Gasteiger partial charge in [0.25, 0.3) is 0 Å². The van der Waals surface area contributed by atoms with Crippen LogP contribution in [0.5, 0.6) is 0 Å². The maximum absolute atomic E-state index is 12.4. The lowest BCUT2D eigenvalue weighted by Gasteiger charge is -2.29. The monoisotopic (exact) mass is 306 g/mol. The van der Waals surface area contributed by atoms with E-state index in [1.165, 1.54) is 0 Å². The average Bonchev–Trinajstić information content (AvgIpc) is 2.98. The van der Waals surface area contributed by atoms with Gasteiger partial charge < -0.3 is 10.4 Å². The molecule has 1 aromatic rings. The zero-order chi connectivity index (χ0) is 15.3. The van der Waals surface area contributed by atoms with Crippen molar-refractivity contribution in [1.82, 2.24) is 5.32 Å². The second kappa shape index (κ2) is 7.09. The van der Waals surface area contributed by atoms with Crippen LogP contribution in [0.3, 0.4) is 0 Å². The average molecular weight is 306 g/mol. The van der Waals surface area contributed by atoms with Gasteiger partial charge >= 0.3 is 0 Å². The minimum atomic E-state index is -0.360. The molecule has 1 aliphatic heterocycles. The summed E-state index contributed by atoms with van der Waals surface area (Å²) in [5, 5.41) is 13.1. The number of carbonyl (C=O) groups excluding carboxylic acids is 1. The van der Waals surface area contributed by atoms with Crippen molar-refractivity contribution in [3.05, 3.63) is 35.9 Å². The molecule has 1 aromatic carbocycles. The molecule has 2 atom stereocenters. The molecule has 0 aromatic heterocycles. The first-order chi connectivity index (χ1) is 10.1. The van der Waals surface area contributed by atoms with Crippen molar-refractivity contribution >= 4 is 22.7 Å². The lowest BCUT2D eigenvalue weighted by atomic mass is 9.94. The molecule has 0 spiro atoms. The van der Waals surface area contributed by atoms with E-state index in [1.54, 1.807) is 11.8 Å². The van der Waals surface area contributed by atoms with Crippen LogP contribution in [0.15, 0.2) is 35.3 Å². The molecule has 1 heterocycles. The summed E-state index contributed by atoms with van der Waals surface area (Å²) < 4.78 is 0. The predicted molar refractivity (Wildman–Crippen MR) is 87.8 cm³/mol. The molecule has 2 N–H and O–H groups in total. The van der Waals surface area contributed by atoms with E-state index < -0.39 is 0 Å². The number of hydrogen-bond donors (Lipinski definition) is 2. The Kier molecular flexibility index (Phi) is 5.42. The summed E-state index contributed by atoms with van der Waals surface area (Å²) in [5.74, 6) is 0.626. The molecule has 5 heteroatoms. The summed E-state index contributed by atoms with van der Waals surface area (Å²) >= 11 is 1.62. The van der Waals surface area contributed by atoms with Crippen LogP contribution in [-0.2, 0) is 4.79 Å². The van der Waals surface area contributed by atoms with E-state index in [0.717, 1.165) is 17.0 Å². The maximum Gasteiger partial charge on any atom is 0.246 e. The Labute approximate surface area is 130 Å². The Hall–Kier alpha value is -1.33. The van der Waals surface area contributed by atoms with Crippen molar-refractivity contribution in [3.8, 4) is 0 Å². The molecule has 114 valence electrons. The highest BCUT2D eigenvalue weighted by molar-refractivity contribution is 8.14. The van der Waals surface area contributed by atoms with E-state index in [2.05, 4.69) is 10.3 Å². The maximum atomic E-state index is 12.4. The van der Waals surface area contributed by atoms with Crippen LogP contribution in [0.4, 0.5) is 0 Å². The highest BCUT2D eigenvalue weighted by Gasteiger charge is 2.31. The highest BCUT2D eigenvalue weighted by Crippen LogP contribution is 2.24. The first kappa shape index (κ1) is 16.0. The molecule has 1 aliphatic rings. The summed E-state index contributed by atoms with van der Waals surface area (Å²) in [6.07, 6.45) is 1.35. The van der Waals surface area contributed by atoms with Crippen LogP contribution in [0, 0.1) is 0 Å². The number of nitrogens with zero attached hydrogens (tertiary/aromatic N) is 1. The number of rotatable bonds is 6. The van der Waals surface area contributed by atoms with E-state index >= 15 is 0 Å². The summed E-state index contributed by atoms with van der Waals surface area (Å²) in [6.45, 7) is 4.05. The number of thioether (sulfide) groups is 1. The third-order valence-corrected chi connectivity index (χ3v) is 4.94. The zero-order valence-electron chi connectivity index (χ0n) is 12.5. The Morgan fingerprint density at radius 3 is 2.81 bits per heavy atom. The van der Waals surface area contributed by atoms with E-state index in [0.29, 0.717) is 12.2 Å². The van der Waals surface area contributed by atoms with Crippen LogP contribution < -0.4 is 5.32 Å². The fraction of sp³-hybridized carbons (Fsp3) is 0.500. The van der Waals surface area contributed by atoms with Crippen molar-refractivity contribution in [2.24, 2.45) is 4.99 Å². The quantitative estimate of drug-likeness (QED) is 0.847. The van der Waals surface area contributed by atoms with Gasteiger partial charge in [0.1, 0.15) is 6.04 Å². The van der Waals surface area contributed by atoms with Gasteiger partial charge in [0.2, 0.25) is 5.91 Å². The smallest absolute Gasteiger partial charge is 0.246 e. The zero-order valence-corrected chi connectivity index (χ0v) is 13.3. The number of benzene rings is 1. The van der Waals surface area contributed by atoms with Crippen molar-refractivity contribution in [2.45, 2.75) is 38.3 Å². The lowest BCUT2D eigenvalue weighted by Crippen LogP contribution is -2.49. The van der Waals surface area contributed by atoms with E-state index in [1.807, 2.05) is 44.2 Å². The minimum Gasteiger partial charge on any atom is -0.396 e. The van der Waals surface area contributed by atoms with Crippen LogP contribution in [0.1, 0.15) is 32.3 Å². The second-order valence-corrected chi connectivity index (χ2v) is 6.51. The van der Waals surface area contributed by atoms with Crippen molar-refractivity contribution in [1.29, 1.82) is 0 Å². The second-order valence-electron chi connectivity index (χ2n) is 5.50.